The summed E-state index contributed by atoms with van der Waals surface area (Å²) in [5, 5.41) is 8.51. The van der Waals surface area contributed by atoms with E-state index < -0.39 is 0 Å². The van der Waals surface area contributed by atoms with Crippen LogP contribution in [0.3, 0.4) is 0 Å². The lowest BCUT2D eigenvalue weighted by atomic mass is 9.66. The predicted octanol–water partition coefficient (Wildman–Crippen LogP) is 3.48. The van der Waals surface area contributed by atoms with Gasteiger partial charge in [-0.3, -0.25) is 4.79 Å². The van der Waals surface area contributed by atoms with Gasteiger partial charge in [0.2, 0.25) is 17.7 Å². The number of pyridine rings is 1. The van der Waals surface area contributed by atoms with E-state index >= 15 is 0 Å². The maximum absolute atomic E-state index is 12.9. The number of aromatic nitrogens is 5. The van der Waals surface area contributed by atoms with Gasteiger partial charge in [-0.2, -0.15) is 15.1 Å². The molecule has 0 bridgehead atoms. The average Bonchev–Trinajstić information content (AvgIpc) is 3.56. The normalized spacial score (nSPS) is 22.6. The summed E-state index contributed by atoms with van der Waals surface area (Å²) in [6, 6.07) is 6.23. The van der Waals surface area contributed by atoms with E-state index in [0.717, 1.165) is 60.8 Å². The van der Waals surface area contributed by atoms with Gasteiger partial charge in [-0.25, -0.2) is 4.52 Å². The van der Waals surface area contributed by atoms with Crippen molar-refractivity contribution in [2.75, 3.05) is 25.5 Å². The second kappa shape index (κ2) is 7.47. The molecule has 5 heterocycles. The Morgan fingerprint density at radius 1 is 1.24 bits per heavy atom. The number of nitrogens with one attached hydrogen (secondary N) is 2. The third-order valence-electron chi connectivity index (χ3n) is 7.04. The molecular weight excluding hydrogens is 418 g/mol. The van der Waals surface area contributed by atoms with Crippen molar-refractivity contribution >= 4 is 28.4 Å². The van der Waals surface area contributed by atoms with Crippen LogP contribution in [0.5, 0.6) is 5.88 Å². The second-order valence-electron chi connectivity index (χ2n) is 9.41. The van der Waals surface area contributed by atoms with Gasteiger partial charge in [-0.15, -0.1) is 0 Å². The van der Waals surface area contributed by atoms with Crippen molar-refractivity contribution in [2.24, 2.45) is 5.41 Å². The maximum Gasteiger partial charge on any atom is 0.228 e. The maximum atomic E-state index is 12.9. The summed E-state index contributed by atoms with van der Waals surface area (Å²) in [6.07, 6.45) is 9.45. The number of H-pyrrole nitrogens is 1. The molecule has 1 aliphatic carbocycles. The highest BCUT2D eigenvalue weighted by Crippen LogP contribution is 2.44. The summed E-state index contributed by atoms with van der Waals surface area (Å²) in [5.41, 5.74) is 3.44. The molecule has 9 heteroatoms. The number of fused-ring (bicyclic) bond motifs is 2. The number of carbonyl (C=O) groups excluding carboxylic acids is 1. The fourth-order valence-electron chi connectivity index (χ4n) is 5.32. The van der Waals surface area contributed by atoms with E-state index in [9.17, 15) is 4.79 Å². The first kappa shape index (κ1) is 20.0. The van der Waals surface area contributed by atoms with Gasteiger partial charge in [0, 0.05) is 43.3 Å². The Morgan fingerprint density at radius 2 is 2.06 bits per heavy atom. The largest absolute Gasteiger partial charge is 0.480 e. The van der Waals surface area contributed by atoms with Gasteiger partial charge in [0.05, 0.1) is 23.4 Å². The zero-order valence-corrected chi connectivity index (χ0v) is 18.8. The van der Waals surface area contributed by atoms with Crippen LogP contribution in [0.4, 0.5) is 5.95 Å². The standard InChI is InChI=1S/C24H27N7O2/c1-24(22(32)30-8-3-4-9-30)12-16(13-24)27-23-28-20-19(21(29-23)33-2)18(14-25-20)15-6-10-31-17(11-15)5-7-26-31/h5-7,10-11,14,16H,3-4,8-9,12-13H2,1-2H3,(H2,25,27,28,29). The molecule has 1 saturated carbocycles. The third kappa shape index (κ3) is 3.30. The summed E-state index contributed by atoms with van der Waals surface area (Å²) in [4.78, 5) is 27.5. The number of hydrogen-bond donors (Lipinski definition) is 2. The van der Waals surface area contributed by atoms with Crippen LogP contribution in [0.15, 0.2) is 36.8 Å². The second-order valence-corrected chi connectivity index (χ2v) is 9.41. The highest BCUT2D eigenvalue weighted by Gasteiger charge is 2.48. The van der Waals surface area contributed by atoms with Crippen LogP contribution in [-0.4, -0.2) is 61.6 Å². The van der Waals surface area contributed by atoms with Crippen LogP contribution in [-0.2, 0) is 4.79 Å². The van der Waals surface area contributed by atoms with Crippen molar-refractivity contribution in [3.05, 3.63) is 36.8 Å². The summed E-state index contributed by atoms with van der Waals surface area (Å²) < 4.78 is 7.48. The van der Waals surface area contributed by atoms with E-state index in [2.05, 4.69) is 33.4 Å². The number of ether oxygens (including phenoxy) is 1. The van der Waals surface area contributed by atoms with E-state index in [0.29, 0.717) is 17.5 Å². The Bertz CT molecular complexity index is 1350. The van der Waals surface area contributed by atoms with E-state index in [1.807, 2.05) is 33.9 Å². The van der Waals surface area contributed by atoms with Crippen LogP contribution >= 0.6 is 0 Å². The zero-order chi connectivity index (χ0) is 22.6. The number of nitrogens with zero attached hydrogens (tertiary/aromatic N) is 5. The minimum atomic E-state index is -0.290. The van der Waals surface area contributed by atoms with Gasteiger partial charge in [0.25, 0.3) is 0 Å². The van der Waals surface area contributed by atoms with Crippen LogP contribution in [0, 0.1) is 5.41 Å². The Morgan fingerprint density at radius 3 is 2.85 bits per heavy atom. The molecule has 1 aliphatic heterocycles. The van der Waals surface area contributed by atoms with Crippen molar-refractivity contribution in [1.29, 1.82) is 0 Å². The highest BCUT2D eigenvalue weighted by molar-refractivity contribution is 5.98. The van der Waals surface area contributed by atoms with Crippen molar-refractivity contribution in [1.82, 2.24) is 29.5 Å². The Kier molecular flexibility index (Phi) is 4.53. The van der Waals surface area contributed by atoms with Gasteiger partial charge in [0.1, 0.15) is 5.65 Å². The molecule has 33 heavy (non-hydrogen) atoms. The molecule has 0 unspecified atom stereocenters. The number of hydrogen-bond acceptors (Lipinski definition) is 6. The minimum absolute atomic E-state index is 0.169. The van der Waals surface area contributed by atoms with Crippen molar-refractivity contribution in [3.63, 3.8) is 0 Å². The summed E-state index contributed by atoms with van der Waals surface area (Å²) >= 11 is 0. The van der Waals surface area contributed by atoms with E-state index in [4.69, 9.17) is 9.72 Å². The lowest BCUT2D eigenvalue weighted by Gasteiger charge is -2.45. The van der Waals surface area contributed by atoms with E-state index in [1.54, 1.807) is 13.3 Å². The van der Waals surface area contributed by atoms with Crippen molar-refractivity contribution in [3.8, 4) is 17.0 Å². The molecule has 6 rings (SSSR count). The van der Waals surface area contributed by atoms with Gasteiger partial charge in [-0.1, -0.05) is 6.92 Å². The van der Waals surface area contributed by atoms with Gasteiger partial charge in [-0.05, 0) is 49.4 Å². The molecule has 4 aromatic rings. The molecule has 170 valence electrons. The van der Waals surface area contributed by atoms with Crippen molar-refractivity contribution < 1.29 is 9.53 Å². The first-order valence-corrected chi connectivity index (χ1v) is 11.5. The molecule has 1 saturated heterocycles. The van der Waals surface area contributed by atoms with Crippen LogP contribution in [0.2, 0.25) is 0 Å². The molecule has 0 aromatic carbocycles. The number of methoxy groups -OCH3 is 1. The SMILES string of the molecule is COc1nc(NC2CC(C)(C(=O)N3CCCC3)C2)nc2[nH]cc(-c3ccn4nccc4c3)c12. The molecule has 2 aliphatic rings. The fourth-order valence-corrected chi connectivity index (χ4v) is 5.32. The minimum Gasteiger partial charge on any atom is -0.480 e. The number of rotatable bonds is 5. The van der Waals surface area contributed by atoms with Crippen LogP contribution in [0.25, 0.3) is 27.7 Å². The van der Waals surface area contributed by atoms with Gasteiger partial charge >= 0.3 is 0 Å². The quantitative estimate of drug-likeness (QED) is 0.488. The lowest BCUT2D eigenvalue weighted by Crippen LogP contribution is -2.53. The number of anilines is 1. The summed E-state index contributed by atoms with van der Waals surface area (Å²) in [7, 11) is 1.62. The van der Waals surface area contributed by atoms with E-state index in [-0.39, 0.29) is 17.4 Å². The molecule has 0 radical (unpaired) electrons. The molecular formula is C24H27N7O2. The predicted molar refractivity (Wildman–Crippen MR) is 125 cm³/mol. The summed E-state index contributed by atoms with van der Waals surface area (Å²) in [5.74, 6) is 1.32. The highest BCUT2D eigenvalue weighted by atomic mass is 16.5. The van der Waals surface area contributed by atoms with Gasteiger partial charge in [0.15, 0.2) is 0 Å². The molecule has 4 aromatic heterocycles. The Labute approximate surface area is 191 Å². The molecule has 2 N–H and O–H groups in total. The average molecular weight is 446 g/mol. The summed E-state index contributed by atoms with van der Waals surface area (Å²) in [6.45, 7) is 3.87. The first-order valence-electron chi connectivity index (χ1n) is 11.5. The topological polar surface area (TPSA) is 100 Å². The number of aromatic amines is 1. The molecule has 2 fully saturated rings. The molecule has 9 nitrogen and oxygen atoms in total. The lowest BCUT2D eigenvalue weighted by molar-refractivity contribution is -0.145. The molecule has 0 spiro atoms. The number of amides is 1. The Hall–Kier alpha value is -3.62. The van der Waals surface area contributed by atoms with Crippen LogP contribution in [0.1, 0.15) is 32.6 Å². The fraction of sp³-hybridized carbons (Fsp3) is 0.417. The molecule has 1 amide bonds. The Balaban J connectivity index is 1.24. The van der Waals surface area contributed by atoms with Crippen LogP contribution < -0.4 is 10.1 Å². The van der Waals surface area contributed by atoms with E-state index in [1.165, 1.54) is 0 Å². The third-order valence-corrected chi connectivity index (χ3v) is 7.04. The zero-order valence-electron chi connectivity index (χ0n) is 18.8. The number of carbonyl (C=O) groups is 1. The smallest absolute Gasteiger partial charge is 0.228 e. The monoisotopic (exact) mass is 445 g/mol. The first-order chi connectivity index (χ1) is 16.0. The number of likely N-dealkylation sites (tertiary alicyclic amines) is 1. The van der Waals surface area contributed by atoms with Gasteiger partial charge < -0.3 is 19.9 Å². The van der Waals surface area contributed by atoms with Crippen molar-refractivity contribution in [2.45, 2.75) is 38.6 Å². The molecule has 0 atom stereocenters.